The molecule has 1 saturated heterocycles. The highest BCUT2D eigenvalue weighted by atomic mass is 16.5. The van der Waals surface area contributed by atoms with Crippen LogP contribution >= 0.6 is 0 Å². The molecule has 1 aromatic rings. The molecule has 1 fully saturated rings. The monoisotopic (exact) mass is 277 g/mol. The molecule has 1 aliphatic heterocycles. The van der Waals surface area contributed by atoms with Crippen LogP contribution in [0.2, 0.25) is 0 Å². The van der Waals surface area contributed by atoms with Crippen LogP contribution in [0.15, 0.2) is 0 Å². The van der Waals surface area contributed by atoms with Crippen molar-refractivity contribution >= 4 is 17.7 Å². The van der Waals surface area contributed by atoms with Gasteiger partial charge in [-0.1, -0.05) is 6.57 Å². The van der Waals surface area contributed by atoms with E-state index in [1.807, 2.05) is 0 Å². The van der Waals surface area contributed by atoms with Crippen LogP contribution in [-0.2, 0) is 11.8 Å². The summed E-state index contributed by atoms with van der Waals surface area (Å²) in [6.45, 7) is 12.8. The summed E-state index contributed by atoms with van der Waals surface area (Å²) in [5, 5.41) is 0. The van der Waals surface area contributed by atoms with Crippen LogP contribution in [0.4, 0.5) is 11.8 Å². The molecule has 0 amide bonds. The first-order valence-electron chi connectivity index (χ1n) is 6.63. The molecule has 108 valence electrons. The summed E-state index contributed by atoms with van der Waals surface area (Å²) in [5.74, 6) is 0.360. The van der Waals surface area contributed by atoms with E-state index >= 15 is 0 Å². The molecule has 7 heteroatoms. The van der Waals surface area contributed by atoms with Gasteiger partial charge in [0.2, 0.25) is 0 Å². The second-order valence-corrected chi connectivity index (χ2v) is 4.77. The van der Waals surface area contributed by atoms with Crippen molar-refractivity contribution in [3.05, 3.63) is 17.1 Å². The highest BCUT2D eigenvalue weighted by Crippen LogP contribution is 2.26. The minimum Gasteiger partial charge on any atom is -0.462 e. The number of carbonyl (C=O) groups is 1. The normalized spacial score (nSPS) is 16.0. The Balaban J connectivity index is 2.31. The number of likely N-dealkylation sites (N-methyl/N-ethyl adjacent to an activating group) is 1. The number of hydrogen-bond donors (Lipinski definition) is 0. The summed E-state index contributed by atoms with van der Waals surface area (Å²) in [4.78, 5) is 23.9. The quantitative estimate of drug-likeness (QED) is 0.607. The van der Waals surface area contributed by atoms with Gasteiger partial charge in [-0.3, -0.25) is 4.57 Å². The molecule has 0 saturated carbocycles. The van der Waals surface area contributed by atoms with Gasteiger partial charge in [-0.05, 0) is 14.0 Å². The van der Waals surface area contributed by atoms with E-state index in [4.69, 9.17) is 11.3 Å². The lowest BCUT2D eigenvalue weighted by atomic mass is 10.3. The average Bonchev–Trinajstić information content (AvgIpc) is 2.77. The lowest BCUT2D eigenvalue weighted by Gasteiger charge is -2.31. The predicted molar refractivity (Wildman–Crippen MR) is 75.1 cm³/mol. The van der Waals surface area contributed by atoms with Gasteiger partial charge in [0.05, 0.1) is 13.7 Å². The number of esters is 1. The van der Waals surface area contributed by atoms with Crippen LogP contribution < -0.4 is 4.90 Å². The summed E-state index contributed by atoms with van der Waals surface area (Å²) in [6, 6.07) is 0. The van der Waals surface area contributed by atoms with E-state index in [1.54, 1.807) is 18.5 Å². The van der Waals surface area contributed by atoms with Gasteiger partial charge in [-0.25, -0.2) is 4.79 Å². The van der Waals surface area contributed by atoms with E-state index in [9.17, 15) is 4.79 Å². The van der Waals surface area contributed by atoms with E-state index in [2.05, 4.69) is 26.7 Å². The summed E-state index contributed by atoms with van der Waals surface area (Å²) in [7, 11) is 3.83. The zero-order valence-electron chi connectivity index (χ0n) is 12.1. The van der Waals surface area contributed by atoms with Gasteiger partial charge < -0.3 is 19.4 Å². The number of aromatic nitrogens is 2. The van der Waals surface area contributed by atoms with Gasteiger partial charge in [0, 0.05) is 26.2 Å². The summed E-state index contributed by atoms with van der Waals surface area (Å²) in [6.07, 6.45) is 0. The van der Waals surface area contributed by atoms with E-state index in [0.717, 1.165) is 26.2 Å². The Bertz CT molecular complexity index is 538. The zero-order chi connectivity index (χ0) is 14.7. The SMILES string of the molecule is [C-]#[N+]c1c(C(=O)OCC)nc(N2CCN(C)CC2)n1C. The molecule has 2 rings (SSSR count). The third-order valence-electron chi connectivity index (χ3n) is 3.40. The van der Waals surface area contributed by atoms with Crippen molar-refractivity contribution in [2.45, 2.75) is 6.92 Å². The number of imidazole rings is 1. The molecule has 0 radical (unpaired) electrons. The Morgan fingerprint density at radius 3 is 2.55 bits per heavy atom. The van der Waals surface area contributed by atoms with Crippen LogP contribution in [-0.4, -0.2) is 60.3 Å². The molecule has 1 aliphatic rings. The molecule has 7 nitrogen and oxygen atoms in total. The Morgan fingerprint density at radius 2 is 2.00 bits per heavy atom. The standard InChI is InChI=1S/C13H19N5O2/c1-5-20-12(19)10-11(14-2)17(4)13(15-10)18-8-6-16(3)7-9-18/h5-9H2,1,3-4H3. The molecule has 0 N–H and O–H groups in total. The van der Waals surface area contributed by atoms with E-state index in [0.29, 0.717) is 5.95 Å². The Morgan fingerprint density at radius 1 is 1.35 bits per heavy atom. The highest BCUT2D eigenvalue weighted by molar-refractivity contribution is 5.94. The van der Waals surface area contributed by atoms with Gasteiger partial charge in [0.1, 0.15) is 0 Å². The fourth-order valence-electron chi connectivity index (χ4n) is 2.23. The first-order chi connectivity index (χ1) is 9.58. The number of anilines is 1. The maximum Gasteiger partial charge on any atom is 0.347 e. The first-order valence-corrected chi connectivity index (χ1v) is 6.63. The number of rotatable bonds is 3. The number of piperazine rings is 1. The largest absolute Gasteiger partial charge is 0.462 e. The predicted octanol–water partition coefficient (Wildman–Crippen LogP) is 0.899. The topological polar surface area (TPSA) is 55.0 Å². The van der Waals surface area contributed by atoms with E-state index in [-0.39, 0.29) is 18.1 Å². The third kappa shape index (κ3) is 2.60. The van der Waals surface area contributed by atoms with Crippen LogP contribution in [0.1, 0.15) is 17.4 Å². The number of hydrogen-bond acceptors (Lipinski definition) is 5. The Labute approximate surface area is 118 Å². The van der Waals surface area contributed by atoms with Crippen molar-refractivity contribution in [1.82, 2.24) is 14.5 Å². The molecule has 2 heterocycles. The molecular weight excluding hydrogens is 258 g/mol. The van der Waals surface area contributed by atoms with E-state index < -0.39 is 5.97 Å². The van der Waals surface area contributed by atoms with E-state index in [1.165, 1.54) is 0 Å². The summed E-state index contributed by atoms with van der Waals surface area (Å²) in [5.41, 5.74) is 0.110. The summed E-state index contributed by atoms with van der Waals surface area (Å²) >= 11 is 0. The number of carbonyl (C=O) groups excluding carboxylic acids is 1. The lowest BCUT2D eigenvalue weighted by Crippen LogP contribution is -2.45. The maximum atomic E-state index is 11.9. The molecule has 0 unspecified atom stereocenters. The van der Waals surface area contributed by atoms with Crippen LogP contribution in [0.3, 0.4) is 0 Å². The van der Waals surface area contributed by atoms with Crippen molar-refractivity contribution in [3.8, 4) is 0 Å². The van der Waals surface area contributed by atoms with Crippen molar-refractivity contribution in [2.75, 3.05) is 44.7 Å². The minimum absolute atomic E-state index is 0.110. The fourth-order valence-corrected chi connectivity index (χ4v) is 2.23. The van der Waals surface area contributed by atoms with Crippen LogP contribution in [0.5, 0.6) is 0 Å². The van der Waals surface area contributed by atoms with Crippen molar-refractivity contribution < 1.29 is 9.53 Å². The average molecular weight is 277 g/mol. The molecular formula is C13H19N5O2. The van der Waals surface area contributed by atoms with Crippen molar-refractivity contribution in [3.63, 3.8) is 0 Å². The summed E-state index contributed by atoms with van der Waals surface area (Å²) < 4.78 is 6.63. The number of nitrogens with zero attached hydrogens (tertiary/aromatic N) is 5. The van der Waals surface area contributed by atoms with Gasteiger partial charge in [0.15, 0.2) is 5.69 Å². The second-order valence-electron chi connectivity index (χ2n) is 4.77. The van der Waals surface area contributed by atoms with Gasteiger partial charge >= 0.3 is 5.97 Å². The molecule has 0 spiro atoms. The smallest absolute Gasteiger partial charge is 0.347 e. The Kier molecular flexibility index (Phi) is 4.25. The first kappa shape index (κ1) is 14.3. The zero-order valence-corrected chi connectivity index (χ0v) is 12.1. The number of ether oxygens (including phenoxy) is 1. The van der Waals surface area contributed by atoms with Gasteiger partial charge in [-0.2, -0.15) is 4.98 Å². The molecule has 20 heavy (non-hydrogen) atoms. The van der Waals surface area contributed by atoms with Crippen LogP contribution in [0, 0.1) is 6.57 Å². The fraction of sp³-hybridized carbons (Fsp3) is 0.615. The minimum atomic E-state index is -0.533. The molecule has 0 aromatic carbocycles. The van der Waals surface area contributed by atoms with Crippen molar-refractivity contribution in [2.24, 2.45) is 7.05 Å². The lowest BCUT2D eigenvalue weighted by molar-refractivity contribution is 0.0521. The van der Waals surface area contributed by atoms with Crippen LogP contribution in [0.25, 0.3) is 4.85 Å². The van der Waals surface area contributed by atoms with Crippen molar-refractivity contribution in [1.29, 1.82) is 0 Å². The molecule has 0 aliphatic carbocycles. The Hall–Kier alpha value is -2.07. The molecule has 1 aromatic heterocycles. The van der Waals surface area contributed by atoms with Gasteiger partial charge in [0.25, 0.3) is 11.8 Å². The van der Waals surface area contributed by atoms with Gasteiger partial charge in [-0.15, -0.1) is 0 Å². The molecule has 0 bridgehead atoms. The third-order valence-corrected chi connectivity index (χ3v) is 3.40. The maximum absolute atomic E-state index is 11.9. The second kappa shape index (κ2) is 5.92. The highest BCUT2D eigenvalue weighted by Gasteiger charge is 2.27. The molecule has 0 atom stereocenters.